The summed E-state index contributed by atoms with van der Waals surface area (Å²) in [4.78, 5) is 0. The largest absolute Gasteiger partial charge is 0.420 e. The third-order valence-electron chi connectivity index (χ3n) is 2.59. The molecule has 0 fully saturated rings. The summed E-state index contributed by atoms with van der Waals surface area (Å²) in [7, 11) is -2.42. The van der Waals surface area contributed by atoms with Crippen molar-refractivity contribution in [3.05, 3.63) is 35.4 Å². The van der Waals surface area contributed by atoms with E-state index in [2.05, 4.69) is 0 Å². The fraction of sp³-hybridized carbons (Fsp3) is 0.462. The quantitative estimate of drug-likeness (QED) is 0.781. The van der Waals surface area contributed by atoms with Gasteiger partial charge in [0.15, 0.2) is 13.9 Å². The molecule has 0 spiro atoms. The molecule has 0 aliphatic carbocycles. The highest BCUT2D eigenvalue weighted by atomic mass is 28.4. The minimum Gasteiger partial charge on any atom is -0.401 e. The Morgan fingerprint density at radius 3 is 2.21 bits per heavy atom. The van der Waals surface area contributed by atoms with E-state index < -0.39 is 20.1 Å². The summed E-state index contributed by atoms with van der Waals surface area (Å²) < 4.78 is 45.5. The fourth-order valence-electron chi connectivity index (χ4n) is 1.78. The summed E-state index contributed by atoms with van der Waals surface area (Å²) >= 11 is 0. The third-order valence-corrected chi connectivity index (χ3v) is 3.61. The lowest BCUT2D eigenvalue weighted by atomic mass is 9.94. The van der Waals surface area contributed by atoms with Crippen molar-refractivity contribution in [3.63, 3.8) is 0 Å². The smallest absolute Gasteiger partial charge is 0.401 e. The van der Waals surface area contributed by atoms with Crippen LogP contribution in [-0.2, 0) is 10.0 Å². The standard InChI is InChI=1S/C13H16F3NOSi/c1-12(13(14,15)16,18-19(2,3)4)11-7-5-6-10(8-11)9-17/h5-8H,1-4H3/t12-/m0/s1. The van der Waals surface area contributed by atoms with E-state index in [1.807, 2.05) is 6.07 Å². The van der Waals surface area contributed by atoms with Crippen LogP contribution in [0.15, 0.2) is 24.3 Å². The molecule has 0 bridgehead atoms. The second kappa shape index (κ2) is 4.98. The number of alkyl halides is 3. The number of rotatable bonds is 3. The predicted octanol–water partition coefficient (Wildman–Crippen LogP) is 4.19. The monoisotopic (exact) mass is 287 g/mol. The molecule has 1 aromatic carbocycles. The number of nitriles is 1. The van der Waals surface area contributed by atoms with Gasteiger partial charge in [0.1, 0.15) is 0 Å². The number of benzene rings is 1. The maximum Gasteiger partial charge on any atom is 0.420 e. The first-order chi connectivity index (χ1) is 8.49. The molecule has 104 valence electrons. The first-order valence-corrected chi connectivity index (χ1v) is 9.18. The van der Waals surface area contributed by atoms with Gasteiger partial charge in [0.05, 0.1) is 11.6 Å². The highest BCUT2D eigenvalue weighted by Gasteiger charge is 2.55. The number of nitrogens with zero attached hydrogens (tertiary/aromatic N) is 1. The molecule has 1 atom stereocenters. The highest BCUT2D eigenvalue weighted by molar-refractivity contribution is 6.69. The second-order valence-corrected chi connectivity index (χ2v) is 9.87. The van der Waals surface area contributed by atoms with Crippen LogP contribution >= 0.6 is 0 Å². The van der Waals surface area contributed by atoms with Crippen LogP contribution in [0.1, 0.15) is 18.1 Å². The van der Waals surface area contributed by atoms with Crippen LogP contribution in [0, 0.1) is 11.3 Å². The minimum atomic E-state index is -4.54. The van der Waals surface area contributed by atoms with Gasteiger partial charge in [-0.3, -0.25) is 0 Å². The summed E-state index contributed by atoms with van der Waals surface area (Å²) in [6.45, 7) is 6.11. The predicted molar refractivity (Wildman–Crippen MR) is 69.0 cm³/mol. The molecule has 0 saturated heterocycles. The Morgan fingerprint density at radius 1 is 1.21 bits per heavy atom. The molecule has 0 aliphatic heterocycles. The molecule has 0 amide bonds. The molecular formula is C13H16F3NOSi. The van der Waals surface area contributed by atoms with Gasteiger partial charge in [0.25, 0.3) is 0 Å². The van der Waals surface area contributed by atoms with Crippen molar-refractivity contribution in [3.8, 4) is 6.07 Å². The first kappa shape index (κ1) is 15.7. The van der Waals surface area contributed by atoms with E-state index in [1.54, 1.807) is 19.6 Å². The summed E-state index contributed by atoms with van der Waals surface area (Å²) in [5.41, 5.74) is -2.24. The lowest BCUT2D eigenvalue weighted by Gasteiger charge is -2.38. The van der Waals surface area contributed by atoms with E-state index in [9.17, 15) is 13.2 Å². The van der Waals surface area contributed by atoms with Crippen LogP contribution in [-0.4, -0.2) is 14.5 Å². The van der Waals surface area contributed by atoms with Crippen molar-refractivity contribution in [1.29, 1.82) is 5.26 Å². The molecule has 1 aromatic rings. The zero-order chi connectivity index (χ0) is 14.9. The highest BCUT2D eigenvalue weighted by Crippen LogP contribution is 2.43. The average molecular weight is 287 g/mol. The molecule has 0 radical (unpaired) electrons. The van der Waals surface area contributed by atoms with Crippen LogP contribution in [0.4, 0.5) is 13.2 Å². The van der Waals surface area contributed by atoms with E-state index in [0.717, 1.165) is 6.92 Å². The summed E-state index contributed by atoms with van der Waals surface area (Å²) in [6, 6.07) is 7.32. The minimum absolute atomic E-state index is 0.0403. The van der Waals surface area contributed by atoms with Gasteiger partial charge >= 0.3 is 6.18 Å². The van der Waals surface area contributed by atoms with Crippen molar-refractivity contribution < 1.29 is 17.6 Å². The Bertz CT molecular complexity index is 502. The lowest BCUT2D eigenvalue weighted by molar-refractivity contribution is -0.250. The average Bonchev–Trinajstić information content (AvgIpc) is 2.25. The maximum atomic E-state index is 13.4. The molecule has 0 aliphatic rings. The maximum absolute atomic E-state index is 13.4. The lowest BCUT2D eigenvalue weighted by Crippen LogP contribution is -2.48. The van der Waals surface area contributed by atoms with Gasteiger partial charge in [0.2, 0.25) is 0 Å². The molecular weight excluding hydrogens is 271 g/mol. The SMILES string of the molecule is C[C@](O[Si](C)(C)C)(c1cccc(C#N)c1)C(F)(F)F. The molecule has 0 heterocycles. The summed E-state index contributed by atoms with van der Waals surface area (Å²) in [6.07, 6.45) is -4.54. The van der Waals surface area contributed by atoms with Gasteiger partial charge in [0, 0.05) is 0 Å². The Kier molecular flexibility index (Phi) is 4.13. The van der Waals surface area contributed by atoms with Crippen LogP contribution in [0.5, 0.6) is 0 Å². The van der Waals surface area contributed by atoms with Gasteiger partial charge in [-0.2, -0.15) is 18.4 Å². The number of halogens is 3. The fourth-order valence-corrected chi connectivity index (χ4v) is 3.24. The van der Waals surface area contributed by atoms with Crippen LogP contribution in [0.2, 0.25) is 19.6 Å². The zero-order valence-electron chi connectivity index (χ0n) is 11.3. The summed E-state index contributed by atoms with van der Waals surface area (Å²) in [5.74, 6) is 0. The molecule has 6 heteroatoms. The van der Waals surface area contributed by atoms with Crippen LogP contribution < -0.4 is 0 Å². The number of hydrogen-bond acceptors (Lipinski definition) is 2. The van der Waals surface area contributed by atoms with Crippen molar-refractivity contribution in [2.45, 2.75) is 38.3 Å². The van der Waals surface area contributed by atoms with Gasteiger partial charge in [-0.05, 0) is 44.3 Å². The molecule has 0 saturated carbocycles. The van der Waals surface area contributed by atoms with E-state index in [0.29, 0.717) is 0 Å². The van der Waals surface area contributed by atoms with Gasteiger partial charge < -0.3 is 4.43 Å². The van der Waals surface area contributed by atoms with Crippen LogP contribution in [0.25, 0.3) is 0 Å². The van der Waals surface area contributed by atoms with Gasteiger partial charge in [-0.15, -0.1) is 0 Å². The van der Waals surface area contributed by atoms with E-state index >= 15 is 0 Å². The van der Waals surface area contributed by atoms with E-state index in [-0.39, 0.29) is 11.1 Å². The first-order valence-electron chi connectivity index (χ1n) is 5.77. The zero-order valence-corrected chi connectivity index (χ0v) is 12.3. The Morgan fingerprint density at radius 2 is 1.79 bits per heavy atom. The topological polar surface area (TPSA) is 33.0 Å². The molecule has 19 heavy (non-hydrogen) atoms. The van der Waals surface area contributed by atoms with Crippen molar-refractivity contribution in [2.24, 2.45) is 0 Å². The van der Waals surface area contributed by atoms with E-state index in [1.165, 1.54) is 24.3 Å². The second-order valence-electron chi connectivity index (χ2n) is 5.44. The molecule has 2 nitrogen and oxygen atoms in total. The Balaban J connectivity index is 3.36. The Hall–Kier alpha value is -1.32. The number of hydrogen-bond donors (Lipinski definition) is 0. The normalized spacial score (nSPS) is 15.7. The van der Waals surface area contributed by atoms with E-state index in [4.69, 9.17) is 9.69 Å². The Labute approximate surface area is 111 Å². The van der Waals surface area contributed by atoms with Crippen molar-refractivity contribution >= 4 is 8.32 Å². The van der Waals surface area contributed by atoms with Gasteiger partial charge in [-0.25, -0.2) is 0 Å². The van der Waals surface area contributed by atoms with Crippen LogP contribution in [0.3, 0.4) is 0 Å². The van der Waals surface area contributed by atoms with Crippen molar-refractivity contribution in [1.82, 2.24) is 0 Å². The van der Waals surface area contributed by atoms with Crippen molar-refractivity contribution in [2.75, 3.05) is 0 Å². The molecule has 1 rings (SSSR count). The third kappa shape index (κ3) is 3.58. The summed E-state index contributed by atoms with van der Waals surface area (Å²) in [5, 5.41) is 8.80. The molecule has 0 N–H and O–H groups in total. The molecule has 0 unspecified atom stereocenters. The molecule has 0 aromatic heterocycles. The van der Waals surface area contributed by atoms with Gasteiger partial charge in [-0.1, -0.05) is 12.1 Å².